The topological polar surface area (TPSA) is 72.6 Å². The van der Waals surface area contributed by atoms with Crippen LogP contribution in [0.1, 0.15) is 25.0 Å². The van der Waals surface area contributed by atoms with Crippen molar-refractivity contribution in [3.63, 3.8) is 0 Å². The maximum absolute atomic E-state index is 10.7. The van der Waals surface area contributed by atoms with E-state index in [2.05, 4.69) is 0 Å². The molecule has 0 spiro atoms. The van der Waals surface area contributed by atoms with Gasteiger partial charge in [-0.25, -0.2) is 4.79 Å². The molecule has 88 valence electrons. The first kappa shape index (κ1) is 12.4. The van der Waals surface area contributed by atoms with E-state index in [-0.39, 0.29) is 5.75 Å². The Hall–Kier alpha value is -1.71. The standard InChI is InChI=1S/C12H17NO3/c1-8-6-10(14)5-4-9(8)7-12(2,3)16-11(13)15/h4-6,14H,7H2,1-3H3,(H2,13,15). The molecule has 16 heavy (non-hydrogen) atoms. The molecular formula is C12H17NO3. The van der Waals surface area contributed by atoms with Crippen LogP contribution in [-0.4, -0.2) is 16.8 Å². The number of ether oxygens (including phenoxy) is 1. The van der Waals surface area contributed by atoms with E-state index in [1.165, 1.54) is 0 Å². The van der Waals surface area contributed by atoms with Crippen LogP contribution in [0.3, 0.4) is 0 Å². The van der Waals surface area contributed by atoms with Gasteiger partial charge in [-0.15, -0.1) is 0 Å². The number of phenolic OH excluding ortho intramolecular Hbond substituents is 1. The van der Waals surface area contributed by atoms with Crippen molar-refractivity contribution in [1.29, 1.82) is 0 Å². The van der Waals surface area contributed by atoms with Crippen LogP contribution in [0, 0.1) is 6.92 Å². The lowest BCUT2D eigenvalue weighted by Crippen LogP contribution is -2.33. The van der Waals surface area contributed by atoms with Crippen molar-refractivity contribution in [2.45, 2.75) is 32.8 Å². The van der Waals surface area contributed by atoms with Crippen molar-refractivity contribution in [2.75, 3.05) is 0 Å². The average Bonchev–Trinajstić information content (AvgIpc) is 2.07. The minimum Gasteiger partial charge on any atom is -0.508 e. The summed E-state index contributed by atoms with van der Waals surface area (Å²) in [4.78, 5) is 10.7. The van der Waals surface area contributed by atoms with E-state index in [0.717, 1.165) is 11.1 Å². The normalized spacial score (nSPS) is 11.2. The van der Waals surface area contributed by atoms with Gasteiger partial charge in [-0.05, 0) is 44.0 Å². The summed E-state index contributed by atoms with van der Waals surface area (Å²) in [7, 11) is 0. The van der Waals surface area contributed by atoms with Crippen molar-refractivity contribution in [3.05, 3.63) is 29.3 Å². The summed E-state index contributed by atoms with van der Waals surface area (Å²) in [5.41, 5.74) is 6.32. The zero-order valence-corrected chi connectivity index (χ0v) is 9.78. The van der Waals surface area contributed by atoms with E-state index in [9.17, 15) is 9.90 Å². The van der Waals surface area contributed by atoms with Crippen molar-refractivity contribution >= 4 is 6.09 Å². The van der Waals surface area contributed by atoms with Crippen LogP contribution in [-0.2, 0) is 11.2 Å². The second-order valence-corrected chi connectivity index (χ2v) is 4.47. The second kappa shape index (κ2) is 4.43. The van der Waals surface area contributed by atoms with Gasteiger partial charge in [0.05, 0.1) is 0 Å². The number of phenols is 1. The molecule has 1 amide bonds. The molecule has 0 heterocycles. The highest BCUT2D eigenvalue weighted by atomic mass is 16.6. The molecule has 0 aliphatic heterocycles. The molecule has 0 atom stereocenters. The number of amides is 1. The molecule has 0 unspecified atom stereocenters. The first-order valence-electron chi connectivity index (χ1n) is 5.07. The van der Waals surface area contributed by atoms with E-state index in [4.69, 9.17) is 10.5 Å². The Balaban J connectivity index is 2.83. The van der Waals surface area contributed by atoms with Crippen LogP contribution in [0.25, 0.3) is 0 Å². The summed E-state index contributed by atoms with van der Waals surface area (Å²) >= 11 is 0. The fourth-order valence-corrected chi connectivity index (χ4v) is 1.65. The molecular weight excluding hydrogens is 206 g/mol. The minimum absolute atomic E-state index is 0.231. The van der Waals surface area contributed by atoms with Crippen LogP contribution < -0.4 is 5.73 Å². The van der Waals surface area contributed by atoms with Gasteiger partial charge in [-0.1, -0.05) is 6.07 Å². The molecule has 0 saturated carbocycles. The van der Waals surface area contributed by atoms with E-state index >= 15 is 0 Å². The molecule has 0 fully saturated rings. The lowest BCUT2D eigenvalue weighted by atomic mass is 9.95. The van der Waals surface area contributed by atoms with Crippen LogP contribution >= 0.6 is 0 Å². The Labute approximate surface area is 95.0 Å². The lowest BCUT2D eigenvalue weighted by molar-refractivity contribution is 0.0459. The monoisotopic (exact) mass is 223 g/mol. The van der Waals surface area contributed by atoms with Crippen LogP contribution in [0.15, 0.2) is 18.2 Å². The van der Waals surface area contributed by atoms with Crippen LogP contribution in [0.2, 0.25) is 0 Å². The molecule has 1 rings (SSSR count). The lowest BCUT2D eigenvalue weighted by Gasteiger charge is -2.24. The highest BCUT2D eigenvalue weighted by Gasteiger charge is 2.22. The number of carbonyl (C=O) groups is 1. The van der Waals surface area contributed by atoms with E-state index < -0.39 is 11.7 Å². The molecule has 0 aromatic heterocycles. The summed E-state index contributed by atoms with van der Waals surface area (Å²) in [6, 6.07) is 5.11. The SMILES string of the molecule is Cc1cc(O)ccc1CC(C)(C)OC(N)=O. The van der Waals surface area contributed by atoms with Gasteiger partial charge in [0.25, 0.3) is 0 Å². The number of rotatable bonds is 3. The molecule has 4 heteroatoms. The Morgan fingerprint density at radius 3 is 2.62 bits per heavy atom. The number of hydrogen-bond donors (Lipinski definition) is 2. The largest absolute Gasteiger partial charge is 0.508 e. The molecule has 3 N–H and O–H groups in total. The number of aryl methyl sites for hydroxylation is 1. The number of primary amides is 1. The van der Waals surface area contributed by atoms with E-state index in [1.54, 1.807) is 26.0 Å². The van der Waals surface area contributed by atoms with Crippen molar-refractivity contribution < 1.29 is 14.6 Å². The zero-order chi connectivity index (χ0) is 12.3. The predicted octanol–water partition coefficient (Wildman–Crippen LogP) is 2.12. The molecule has 4 nitrogen and oxygen atoms in total. The summed E-state index contributed by atoms with van der Waals surface area (Å²) in [6.07, 6.45) is -0.219. The molecule has 0 saturated heterocycles. The van der Waals surface area contributed by atoms with E-state index in [0.29, 0.717) is 6.42 Å². The van der Waals surface area contributed by atoms with E-state index in [1.807, 2.05) is 13.0 Å². The van der Waals surface area contributed by atoms with Gasteiger partial charge in [0.1, 0.15) is 11.4 Å². The predicted molar refractivity (Wildman–Crippen MR) is 61.3 cm³/mol. The first-order chi connectivity index (χ1) is 7.30. The fraction of sp³-hybridized carbons (Fsp3) is 0.417. The maximum Gasteiger partial charge on any atom is 0.405 e. The van der Waals surface area contributed by atoms with Crippen molar-refractivity contribution in [2.24, 2.45) is 5.73 Å². The number of nitrogens with two attached hydrogens (primary N) is 1. The Kier molecular flexibility index (Phi) is 3.42. The molecule has 0 bridgehead atoms. The molecule has 1 aromatic carbocycles. The van der Waals surface area contributed by atoms with Crippen molar-refractivity contribution in [1.82, 2.24) is 0 Å². The highest BCUT2D eigenvalue weighted by molar-refractivity contribution is 5.65. The Morgan fingerprint density at radius 1 is 1.50 bits per heavy atom. The van der Waals surface area contributed by atoms with Crippen molar-refractivity contribution in [3.8, 4) is 5.75 Å². The highest BCUT2D eigenvalue weighted by Crippen LogP contribution is 2.22. The molecule has 1 aromatic rings. The molecule has 0 aliphatic rings. The number of aromatic hydroxyl groups is 1. The number of hydrogen-bond acceptors (Lipinski definition) is 3. The quantitative estimate of drug-likeness (QED) is 0.824. The molecule has 0 aliphatic carbocycles. The van der Waals surface area contributed by atoms with Crippen LogP contribution in [0.5, 0.6) is 5.75 Å². The smallest absolute Gasteiger partial charge is 0.405 e. The second-order valence-electron chi connectivity index (χ2n) is 4.47. The Morgan fingerprint density at radius 2 is 2.12 bits per heavy atom. The van der Waals surface area contributed by atoms with Gasteiger partial charge in [-0.2, -0.15) is 0 Å². The van der Waals surface area contributed by atoms with Gasteiger partial charge in [-0.3, -0.25) is 0 Å². The van der Waals surface area contributed by atoms with Gasteiger partial charge in [0.2, 0.25) is 0 Å². The van der Waals surface area contributed by atoms with Gasteiger partial charge >= 0.3 is 6.09 Å². The Bertz CT molecular complexity index is 399. The average molecular weight is 223 g/mol. The zero-order valence-electron chi connectivity index (χ0n) is 9.78. The summed E-state index contributed by atoms with van der Waals surface area (Å²) in [5.74, 6) is 0.231. The summed E-state index contributed by atoms with van der Waals surface area (Å²) < 4.78 is 5.00. The fourth-order valence-electron chi connectivity index (χ4n) is 1.65. The third-order valence-corrected chi connectivity index (χ3v) is 2.32. The minimum atomic E-state index is -0.776. The third kappa shape index (κ3) is 3.46. The number of benzene rings is 1. The third-order valence-electron chi connectivity index (χ3n) is 2.32. The van der Waals surface area contributed by atoms with Crippen LogP contribution in [0.4, 0.5) is 4.79 Å². The van der Waals surface area contributed by atoms with Gasteiger partial charge < -0.3 is 15.6 Å². The maximum atomic E-state index is 10.7. The molecule has 0 radical (unpaired) electrons. The van der Waals surface area contributed by atoms with Gasteiger partial charge in [0.15, 0.2) is 0 Å². The first-order valence-corrected chi connectivity index (χ1v) is 5.07. The summed E-state index contributed by atoms with van der Waals surface area (Å²) in [5, 5.41) is 9.28. The summed E-state index contributed by atoms with van der Waals surface area (Å²) in [6.45, 7) is 5.49. The van der Waals surface area contributed by atoms with Gasteiger partial charge in [0, 0.05) is 6.42 Å². The number of carbonyl (C=O) groups excluding carboxylic acids is 1.